The fraction of sp³-hybridized carbons (Fsp3) is 0.296. The molecule has 198 valence electrons. The third-order valence-electron chi connectivity index (χ3n) is 6.64. The lowest BCUT2D eigenvalue weighted by Crippen LogP contribution is -2.31. The van der Waals surface area contributed by atoms with E-state index in [2.05, 4.69) is 32.1 Å². The normalized spacial score (nSPS) is 15.7. The molecule has 2 aromatic carbocycles. The van der Waals surface area contributed by atoms with Crippen molar-refractivity contribution in [3.63, 3.8) is 0 Å². The van der Waals surface area contributed by atoms with Crippen molar-refractivity contribution < 1.29 is 22.7 Å². The number of likely N-dealkylation sites (tertiary alicyclic amines) is 1. The Morgan fingerprint density at radius 1 is 1.26 bits per heavy atom. The molecule has 3 heterocycles. The number of rotatable bonds is 9. The van der Waals surface area contributed by atoms with Gasteiger partial charge in [-0.3, -0.25) is 4.79 Å². The van der Waals surface area contributed by atoms with Gasteiger partial charge in [-0.05, 0) is 49.3 Å². The molecule has 4 aromatic rings. The van der Waals surface area contributed by atoms with Gasteiger partial charge in [0.2, 0.25) is 0 Å². The van der Waals surface area contributed by atoms with E-state index in [4.69, 9.17) is 4.74 Å². The Kier molecular flexibility index (Phi) is 7.48. The van der Waals surface area contributed by atoms with Crippen LogP contribution < -0.4 is 15.4 Å². The van der Waals surface area contributed by atoms with Crippen LogP contribution in [0.1, 0.15) is 12.8 Å². The first kappa shape index (κ1) is 25.9. The number of anilines is 1. The molecule has 7 nitrogen and oxygen atoms in total. The molecule has 38 heavy (non-hydrogen) atoms. The Balaban J connectivity index is 1.53. The summed E-state index contributed by atoms with van der Waals surface area (Å²) in [6, 6.07) is 8.55. The molecule has 1 amide bonds. The molecule has 0 aliphatic carbocycles. The second kappa shape index (κ2) is 11.0. The van der Waals surface area contributed by atoms with Gasteiger partial charge in [0.15, 0.2) is 11.6 Å². The van der Waals surface area contributed by atoms with Crippen molar-refractivity contribution in [2.75, 3.05) is 38.6 Å². The van der Waals surface area contributed by atoms with Gasteiger partial charge in [0.05, 0.1) is 5.56 Å². The molecule has 0 saturated carbocycles. The van der Waals surface area contributed by atoms with Gasteiger partial charge in [-0.2, -0.15) is 9.97 Å². The smallest absolute Gasteiger partial charge is 0.319 e. The minimum atomic E-state index is -1.11. The minimum absolute atomic E-state index is 0.0275. The van der Waals surface area contributed by atoms with Crippen LogP contribution >= 0.6 is 11.3 Å². The number of hydrogen-bond donors (Lipinski definition) is 2. The zero-order valence-corrected chi connectivity index (χ0v) is 21.5. The molecule has 1 aliphatic rings. The number of hydrogen-bond acceptors (Lipinski definition) is 7. The van der Waals surface area contributed by atoms with Gasteiger partial charge in [0.25, 0.3) is 5.91 Å². The number of fused-ring (bicyclic) bond motifs is 2. The van der Waals surface area contributed by atoms with Gasteiger partial charge in [-0.1, -0.05) is 24.8 Å². The SMILES string of the molecule is C=C(F)C(=O)NCCNc1nc(OC[C@@H]2CCCN2C)nc2c(F)c(-c3cccc4ccsc34)c(F)cc12. The number of amides is 1. The Bertz CT molecular complexity index is 1530. The predicted octanol–water partition coefficient (Wildman–Crippen LogP) is 5.27. The zero-order valence-electron chi connectivity index (χ0n) is 20.7. The summed E-state index contributed by atoms with van der Waals surface area (Å²) < 4.78 is 51.2. The lowest BCUT2D eigenvalue weighted by Gasteiger charge is -2.19. The standard InChI is InChI=1S/C27H26F3N5O2S/c1-15(28)26(36)32-10-9-31-25-19-13-20(29)21(18-7-3-5-16-8-12-38-24(16)18)22(30)23(19)33-27(34-25)37-14-17-6-4-11-35(17)2/h3,5,7-8,12-13,17H,1,4,6,9-11,14H2,2H3,(H,32,36)(H,31,33,34)/t17-/m0/s1. The number of benzene rings is 2. The van der Waals surface area contributed by atoms with Crippen LogP contribution in [0, 0.1) is 11.6 Å². The van der Waals surface area contributed by atoms with E-state index in [1.54, 1.807) is 12.1 Å². The van der Waals surface area contributed by atoms with Gasteiger partial charge < -0.3 is 20.3 Å². The largest absolute Gasteiger partial charge is 0.462 e. The van der Waals surface area contributed by atoms with Crippen LogP contribution in [0.5, 0.6) is 6.01 Å². The summed E-state index contributed by atoms with van der Waals surface area (Å²) >= 11 is 1.40. The quantitative estimate of drug-likeness (QED) is 0.222. The summed E-state index contributed by atoms with van der Waals surface area (Å²) in [5.41, 5.74) is 0.167. The fourth-order valence-electron chi connectivity index (χ4n) is 4.62. The average Bonchev–Trinajstić information content (AvgIpc) is 3.54. The van der Waals surface area contributed by atoms with E-state index < -0.39 is 23.4 Å². The van der Waals surface area contributed by atoms with Crippen molar-refractivity contribution in [3.05, 3.63) is 59.8 Å². The van der Waals surface area contributed by atoms with Gasteiger partial charge >= 0.3 is 6.01 Å². The molecule has 11 heteroatoms. The summed E-state index contributed by atoms with van der Waals surface area (Å²) in [5, 5.41) is 8.19. The Hall–Kier alpha value is -3.70. The average molecular weight is 542 g/mol. The molecule has 2 N–H and O–H groups in total. The van der Waals surface area contributed by atoms with Crippen LogP contribution in [0.2, 0.25) is 0 Å². The highest BCUT2D eigenvalue weighted by molar-refractivity contribution is 7.17. The number of carbonyl (C=O) groups is 1. The monoisotopic (exact) mass is 541 g/mol. The molecule has 0 unspecified atom stereocenters. The van der Waals surface area contributed by atoms with Gasteiger partial charge in [-0.25, -0.2) is 13.2 Å². The summed E-state index contributed by atoms with van der Waals surface area (Å²) in [6.45, 7) is 4.36. The summed E-state index contributed by atoms with van der Waals surface area (Å²) in [6.07, 6.45) is 2.02. The first-order valence-electron chi connectivity index (χ1n) is 12.2. The van der Waals surface area contributed by atoms with E-state index in [9.17, 15) is 9.18 Å². The van der Waals surface area contributed by atoms with Crippen molar-refractivity contribution in [2.45, 2.75) is 18.9 Å². The van der Waals surface area contributed by atoms with E-state index in [0.717, 1.165) is 29.5 Å². The third kappa shape index (κ3) is 5.16. The number of thiophene rings is 1. The molecule has 1 fully saturated rings. The van der Waals surface area contributed by atoms with Crippen LogP contribution in [0.15, 0.2) is 48.1 Å². The predicted molar refractivity (Wildman–Crippen MR) is 143 cm³/mol. The van der Waals surface area contributed by atoms with E-state index in [1.807, 2.05) is 24.6 Å². The second-order valence-electron chi connectivity index (χ2n) is 9.12. The number of nitrogens with zero attached hydrogens (tertiary/aromatic N) is 3. The number of aromatic nitrogens is 2. The fourth-order valence-corrected chi connectivity index (χ4v) is 5.54. The number of ether oxygens (including phenoxy) is 1. The van der Waals surface area contributed by atoms with Gasteiger partial charge in [0.1, 0.15) is 23.8 Å². The van der Waals surface area contributed by atoms with Crippen LogP contribution in [-0.2, 0) is 4.79 Å². The van der Waals surface area contributed by atoms with Crippen molar-refractivity contribution in [3.8, 4) is 17.1 Å². The highest BCUT2D eigenvalue weighted by Crippen LogP contribution is 2.39. The van der Waals surface area contributed by atoms with Crippen LogP contribution in [-0.4, -0.2) is 60.1 Å². The first-order chi connectivity index (χ1) is 18.3. The highest BCUT2D eigenvalue weighted by Gasteiger charge is 2.24. The topological polar surface area (TPSA) is 79.4 Å². The van der Waals surface area contributed by atoms with Crippen molar-refractivity contribution in [2.24, 2.45) is 0 Å². The molecule has 1 saturated heterocycles. The maximum Gasteiger partial charge on any atom is 0.319 e. The van der Waals surface area contributed by atoms with Crippen molar-refractivity contribution in [1.82, 2.24) is 20.2 Å². The molecule has 1 aliphatic heterocycles. The first-order valence-corrected chi connectivity index (χ1v) is 13.1. The van der Waals surface area contributed by atoms with Crippen LogP contribution in [0.25, 0.3) is 32.1 Å². The summed E-state index contributed by atoms with van der Waals surface area (Å²) in [5.74, 6) is -3.49. The molecule has 0 radical (unpaired) electrons. The molecular formula is C27H26F3N5O2S. The highest BCUT2D eigenvalue weighted by atomic mass is 32.1. The molecule has 2 aromatic heterocycles. The van der Waals surface area contributed by atoms with Crippen LogP contribution in [0.4, 0.5) is 19.0 Å². The Morgan fingerprint density at radius 2 is 2.11 bits per heavy atom. The van der Waals surface area contributed by atoms with E-state index in [0.29, 0.717) is 12.2 Å². The van der Waals surface area contributed by atoms with Crippen molar-refractivity contribution >= 4 is 44.1 Å². The Labute approximate surface area is 221 Å². The molecular weight excluding hydrogens is 515 g/mol. The minimum Gasteiger partial charge on any atom is -0.462 e. The zero-order chi connectivity index (χ0) is 26.8. The number of nitrogens with one attached hydrogen (secondary N) is 2. The molecule has 0 bridgehead atoms. The number of carbonyl (C=O) groups excluding carboxylic acids is 1. The maximum atomic E-state index is 16.1. The lowest BCUT2D eigenvalue weighted by atomic mass is 10.0. The molecule has 5 rings (SSSR count). The van der Waals surface area contributed by atoms with E-state index in [1.165, 1.54) is 17.4 Å². The molecule has 0 spiro atoms. The van der Waals surface area contributed by atoms with Crippen LogP contribution in [0.3, 0.4) is 0 Å². The lowest BCUT2D eigenvalue weighted by molar-refractivity contribution is -0.118. The summed E-state index contributed by atoms with van der Waals surface area (Å²) in [4.78, 5) is 22.3. The third-order valence-corrected chi connectivity index (χ3v) is 7.60. The van der Waals surface area contributed by atoms with E-state index in [-0.39, 0.29) is 47.4 Å². The Morgan fingerprint density at radius 3 is 2.87 bits per heavy atom. The second-order valence-corrected chi connectivity index (χ2v) is 10.0. The summed E-state index contributed by atoms with van der Waals surface area (Å²) in [7, 11) is 2.01. The van der Waals surface area contributed by atoms with E-state index >= 15 is 8.78 Å². The van der Waals surface area contributed by atoms with Gasteiger partial charge in [0, 0.05) is 34.8 Å². The number of likely N-dealkylation sites (N-methyl/N-ethyl adjacent to an activating group) is 1. The van der Waals surface area contributed by atoms with Crippen molar-refractivity contribution in [1.29, 1.82) is 0 Å². The van der Waals surface area contributed by atoms with Gasteiger partial charge in [-0.15, -0.1) is 11.3 Å². The maximum absolute atomic E-state index is 16.1. The molecule has 1 atom stereocenters. The number of halogens is 3.